The summed E-state index contributed by atoms with van der Waals surface area (Å²) in [6.45, 7) is 7.72. The van der Waals surface area contributed by atoms with Crippen LogP contribution in [-0.4, -0.2) is 89.3 Å². The van der Waals surface area contributed by atoms with E-state index >= 15 is 0 Å². The highest BCUT2D eigenvalue weighted by Crippen LogP contribution is 2.38. The highest BCUT2D eigenvalue weighted by Gasteiger charge is 2.52. The van der Waals surface area contributed by atoms with Gasteiger partial charge < -0.3 is 42.3 Å². The maximum atomic E-state index is 13.1. The van der Waals surface area contributed by atoms with E-state index in [1.807, 2.05) is 36.4 Å². The fourth-order valence-corrected chi connectivity index (χ4v) is 11.7. The zero-order valence-electron chi connectivity index (χ0n) is 34.7. The molecule has 4 aromatic carbocycles. The minimum absolute atomic E-state index is 0.00360. The molecule has 5 atom stereocenters. The van der Waals surface area contributed by atoms with Gasteiger partial charge in [0.15, 0.2) is 30.9 Å². The third kappa shape index (κ3) is 11.1. The normalized spacial score (nSPS) is 19.1. The number of nitro groups is 1. The van der Waals surface area contributed by atoms with Gasteiger partial charge in [0.05, 0.1) is 25.2 Å². The molecule has 0 saturated carbocycles. The average Bonchev–Trinajstić information content (AvgIpc) is 3.22. The van der Waals surface area contributed by atoms with Gasteiger partial charge in [0, 0.05) is 27.0 Å². The molecule has 1 aliphatic rings. The molecule has 4 aromatic rings. The van der Waals surface area contributed by atoms with E-state index in [1.165, 1.54) is 40.2 Å². The van der Waals surface area contributed by atoms with Crippen molar-refractivity contribution in [2.45, 2.75) is 83.6 Å². The van der Waals surface area contributed by atoms with Crippen LogP contribution in [0.5, 0.6) is 11.5 Å². The molecular weight excluding hydrogens is 795 g/mol. The number of methoxy groups -OCH3 is 2. The third-order valence-electron chi connectivity index (χ3n) is 9.88. The molecule has 1 aliphatic heterocycles. The molecule has 15 nitrogen and oxygen atoms in total. The highest BCUT2D eigenvalue weighted by molar-refractivity contribution is 6.99. The fourth-order valence-electron chi connectivity index (χ4n) is 7.18. The maximum Gasteiger partial charge on any atom is 0.344 e. The van der Waals surface area contributed by atoms with Gasteiger partial charge in [0.25, 0.3) is 8.32 Å². The molecule has 0 N–H and O–H groups in total. The molecule has 16 heteroatoms. The molecule has 1 fully saturated rings. The van der Waals surface area contributed by atoms with Gasteiger partial charge in [0.1, 0.15) is 24.6 Å². The first-order valence-corrected chi connectivity index (χ1v) is 21.2. The summed E-state index contributed by atoms with van der Waals surface area (Å²) in [4.78, 5) is 49.2. The second-order valence-electron chi connectivity index (χ2n) is 15.0. The number of nitro benzene ring substituents is 1. The van der Waals surface area contributed by atoms with Crippen LogP contribution in [0.15, 0.2) is 103 Å². The molecule has 0 spiro atoms. The first-order valence-electron chi connectivity index (χ1n) is 19.2. The predicted octanol–water partition coefficient (Wildman–Crippen LogP) is 5.42. The van der Waals surface area contributed by atoms with Gasteiger partial charge in [-0.3, -0.25) is 19.7 Å². The SMILES string of the molecule is COc1ccc(CO[C@H]2[C@H](OC(C)=O)[C@@H](OC(C)=O)[C@@H](OC)O[C@@H]2COC(=O)COc2ccc(CO[Si](c3ccccc3)(c3ccccc3)C(C)(C)C)cc2[N+](=O)[O-])cc1. The van der Waals surface area contributed by atoms with Crippen LogP contribution in [-0.2, 0) is 60.4 Å². The van der Waals surface area contributed by atoms with Crippen LogP contribution < -0.4 is 19.8 Å². The van der Waals surface area contributed by atoms with Gasteiger partial charge in [-0.1, -0.05) is 99.6 Å². The standard InChI is InChI=1S/C44H51NO14Si/c1-29(46)57-41-40(55-25-31-18-21-33(51-6)22-19-31)38(59-43(52-7)42(41)58-30(2)47)27-54-39(48)28-53-37-23-20-32(24-36(37)45(49)50)26-56-60(44(3,4)5,34-14-10-8-11-15-34)35-16-12-9-13-17-35/h8-24,38,40-43H,25-28H2,1-7H3/t38-,40-,41+,42-,43+/m1/s1. The van der Waals surface area contributed by atoms with Gasteiger partial charge in [-0.25, -0.2) is 4.79 Å². The lowest BCUT2D eigenvalue weighted by atomic mass is 9.98. The molecular formula is C44H51NO14Si. The number of hydrogen-bond donors (Lipinski definition) is 0. The van der Waals surface area contributed by atoms with Crippen LogP contribution in [0.1, 0.15) is 45.7 Å². The van der Waals surface area contributed by atoms with Gasteiger partial charge in [-0.05, 0) is 44.7 Å². The van der Waals surface area contributed by atoms with Gasteiger partial charge >= 0.3 is 23.6 Å². The Morgan fingerprint density at radius 2 is 1.35 bits per heavy atom. The quantitative estimate of drug-likeness (QED) is 0.0408. The zero-order valence-corrected chi connectivity index (χ0v) is 35.7. The van der Waals surface area contributed by atoms with Crippen LogP contribution in [0.3, 0.4) is 0 Å². The molecule has 0 aromatic heterocycles. The number of esters is 3. The van der Waals surface area contributed by atoms with Crippen molar-refractivity contribution in [3.8, 4) is 11.5 Å². The summed E-state index contributed by atoms with van der Waals surface area (Å²) in [5, 5.41) is 14.1. The van der Waals surface area contributed by atoms with Crippen molar-refractivity contribution in [1.29, 1.82) is 0 Å². The number of hydrogen-bond acceptors (Lipinski definition) is 14. The van der Waals surface area contributed by atoms with E-state index in [0.717, 1.165) is 15.9 Å². The van der Waals surface area contributed by atoms with E-state index in [0.29, 0.717) is 11.3 Å². The van der Waals surface area contributed by atoms with Crippen molar-refractivity contribution in [3.63, 3.8) is 0 Å². The lowest BCUT2D eigenvalue weighted by Crippen LogP contribution is -2.66. The topological polar surface area (TPSA) is 177 Å². The third-order valence-corrected chi connectivity index (χ3v) is 14.9. The van der Waals surface area contributed by atoms with Crippen molar-refractivity contribution in [3.05, 3.63) is 124 Å². The van der Waals surface area contributed by atoms with Gasteiger partial charge in [-0.2, -0.15) is 0 Å². The summed E-state index contributed by atoms with van der Waals surface area (Å²) in [6.07, 6.45) is -5.92. The van der Waals surface area contributed by atoms with Crippen LogP contribution >= 0.6 is 0 Å². The number of rotatable bonds is 18. The lowest BCUT2D eigenvalue weighted by molar-refractivity contribution is -0.385. The van der Waals surface area contributed by atoms with Crippen molar-refractivity contribution in [2.75, 3.05) is 27.4 Å². The minimum Gasteiger partial charge on any atom is -0.497 e. The summed E-state index contributed by atoms with van der Waals surface area (Å²) >= 11 is 0. The zero-order chi connectivity index (χ0) is 43.5. The van der Waals surface area contributed by atoms with Gasteiger partial charge in [0.2, 0.25) is 0 Å². The monoisotopic (exact) mass is 845 g/mol. The van der Waals surface area contributed by atoms with E-state index in [-0.39, 0.29) is 29.7 Å². The Bertz CT molecular complexity index is 2020. The smallest absolute Gasteiger partial charge is 0.344 e. The van der Waals surface area contributed by atoms with Crippen molar-refractivity contribution in [2.24, 2.45) is 0 Å². The van der Waals surface area contributed by atoms with E-state index < -0.39 is 75.1 Å². The van der Waals surface area contributed by atoms with E-state index in [9.17, 15) is 24.5 Å². The summed E-state index contributed by atoms with van der Waals surface area (Å²) in [5.41, 5.74) is 0.904. The minimum atomic E-state index is -2.95. The summed E-state index contributed by atoms with van der Waals surface area (Å²) in [6, 6.07) is 31.5. The van der Waals surface area contributed by atoms with Crippen LogP contribution in [0, 0.1) is 10.1 Å². The second-order valence-corrected chi connectivity index (χ2v) is 19.3. The van der Waals surface area contributed by atoms with Gasteiger partial charge in [-0.15, -0.1) is 0 Å². The fraction of sp³-hybridized carbons (Fsp3) is 0.386. The van der Waals surface area contributed by atoms with Crippen molar-refractivity contribution in [1.82, 2.24) is 0 Å². The Labute approximate surface area is 350 Å². The number of nitrogens with zero attached hydrogens (tertiary/aromatic N) is 1. The van der Waals surface area contributed by atoms with Crippen molar-refractivity contribution < 1.29 is 61.6 Å². The summed E-state index contributed by atoms with van der Waals surface area (Å²) in [7, 11) is -0.0999. The van der Waals surface area contributed by atoms with E-state index in [2.05, 4.69) is 45.0 Å². The predicted molar refractivity (Wildman–Crippen MR) is 220 cm³/mol. The maximum absolute atomic E-state index is 13.1. The molecule has 0 amide bonds. The molecule has 60 heavy (non-hydrogen) atoms. The summed E-state index contributed by atoms with van der Waals surface area (Å²) < 4.78 is 52.1. The Morgan fingerprint density at radius 1 is 0.767 bits per heavy atom. The van der Waals surface area contributed by atoms with Crippen molar-refractivity contribution >= 4 is 42.3 Å². The molecule has 0 aliphatic carbocycles. The summed E-state index contributed by atoms with van der Waals surface area (Å²) in [5.74, 6) is -1.80. The Hall–Kier alpha value is -5.65. The molecule has 320 valence electrons. The van der Waals surface area contributed by atoms with Crippen LogP contribution in [0.4, 0.5) is 5.69 Å². The molecule has 5 rings (SSSR count). The largest absolute Gasteiger partial charge is 0.497 e. The van der Waals surface area contributed by atoms with E-state index in [1.54, 1.807) is 30.3 Å². The first-order chi connectivity index (χ1) is 28.7. The Morgan fingerprint density at radius 3 is 1.88 bits per heavy atom. The molecule has 0 bridgehead atoms. The number of carbonyl (C=O) groups is 3. The van der Waals surface area contributed by atoms with Crippen LogP contribution in [0.25, 0.3) is 0 Å². The molecule has 0 radical (unpaired) electrons. The average molecular weight is 846 g/mol. The molecule has 0 unspecified atom stereocenters. The molecule has 1 saturated heterocycles. The first kappa shape index (κ1) is 45.4. The highest BCUT2D eigenvalue weighted by atomic mass is 28.4. The van der Waals surface area contributed by atoms with Crippen LogP contribution in [0.2, 0.25) is 5.04 Å². The lowest BCUT2D eigenvalue weighted by Gasteiger charge is -2.44. The Balaban J connectivity index is 1.31. The molecule has 1 heterocycles. The number of carbonyl (C=O) groups excluding carboxylic acids is 3. The van der Waals surface area contributed by atoms with E-state index in [4.69, 9.17) is 42.3 Å². The second kappa shape index (κ2) is 20.5. The number of ether oxygens (including phenoxy) is 8. The Kier molecular flexibility index (Phi) is 15.6. The number of benzene rings is 4.